The molecule has 2 heteroatoms. The summed E-state index contributed by atoms with van der Waals surface area (Å²) < 4.78 is 5.77. The first-order valence-electron chi connectivity index (χ1n) is 7.65. The molecule has 0 aliphatic rings. The number of hydrogen-bond donors (Lipinski definition) is 1. The summed E-state index contributed by atoms with van der Waals surface area (Å²) in [5.74, 6) is 1.50. The first kappa shape index (κ1) is 15.6. The van der Waals surface area contributed by atoms with Crippen LogP contribution >= 0.6 is 0 Å². The molecule has 2 nitrogen and oxygen atoms in total. The average molecular weight is 283 g/mol. The highest BCUT2D eigenvalue weighted by Crippen LogP contribution is 2.16. The van der Waals surface area contributed by atoms with E-state index in [2.05, 4.69) is 68.6 Å². The third-order valence-corrected chi connectivity index (χ3v) is 3.39. The van der Waals surface area contributed by atoms with E-state index < -0.39 is 0 Å². The summed E-state index contributed by atoms with van der Waals surface area (Å²) >= 11 is 0. The second kappa shape index (κ2) is 7.84. The first-order valence-corrected chi connectivity index (χ1v) is 7.65. The molecule has 0 aliphatic heterocycles. The van der Waals surface area contributed by atoms with Gasteiger partial charge in [-0.2, -0.15) is 0 Å². The molecule has 2 rings (SSSR count). The van der Waals surface area contributed by atoms with Crippen LogP contribution in [-0.2, 0) is 6.54 Å². The van der Waals surface area contributed by atoms with Gasteiger partial charge in [-0.25, -0.2) is 0 Å². The molecule has 1 N–H and O–H groups in total. The molecule has 0 fully saturated rings. The molecule has 0 saturated carbocycles. The van der Waals surface area contributed by atoms with E-state index in [0.717, 1.165) is 18.9 Å². The van der Waals surface area contributed by atoms with E-state index >= 15 is 0 Å². The molecule has 0 bridgehead atoms. The van der Waals surface area contributed by atoms with E-state index in [1.54, 1.807) is 0 Å². The number of nitrogens with one attached hydrogen (secondary N) is 1. The number of hydrogen-bond acceptors (Lipinski definition) is 2. The second-order valence-electron chi connectivity index (χ2n) is 5.87. The monoisotopic (exact) mass is 283 g/mol. The Morgan fingerprint density at radius 2 is 1.71 bits per heavy atom. The lowest BCUT2D eigenvalue weighted by Crippen LogP contribution is -2.18. The van der Waals surface area contributed by atoms with Crippen LogP contribution in [0.1, 0.15) is 37.9 Å². The maximum absolute atomic E-state index is 5.77. The third-order valence-electron chi connectivity index (χ3n) is 3.39. The Labute approximate surface area is 128 Å². The van der Waals surface area contributed by atoms with Gasteiger partial charge in [0.15, 0.2) is 0 Å². The standard InChI is InChI=1S/C19H25NO/c1-15(2)14-21-19-11-7-8-17(12-19)13-20-16(3)18-9-5-4-6-10-18/h4-12,15-16,20H,13-14H2,1-3H3/t16-/m1/s1. The van der Waals surface area contributed by atoms with E-state index in [0.29, 0.717) is 12.0 Å². The predicted octanol–water partition coefficient (Wildman–Crippen LogP) is 4.57. The zero-order valence-corrected chi connectivity index (χ0v) is 13.2. The fraction of sp³-hybridized carbons (Fsp3) is 0.368. The molecule has 0 aromatic heterocycles. The Balaban J connectivity index is 1.89. The summed E-state index contributed by atoms with van der Waals surface area (Å²) in [7, 11) is 0. The molecule has 0 aliphatic carbocycles. The van der Waals surface area contributed by atoms with Gasteiger partial charge in [0, 0.05) is 12.6 Å². The van der Waals surface area contributed by atoms with Crippen molar-refractivity contribution in [1.82, 2.24) is 5.32 Å². The Bertz CT molecular complexity index is 536. The summed E-state index contributed by atoms with van der Waals surface area (Å²) in [5.41, 5.74) is 2.56. The molecule has 0 heterocycles. The van der Waals surface area contributed by atoms with Crippen molar-refractivity contribution in [2.45, 2.75) is 33.4 Å². The highest BCUT2D eigenvalue weighted by atomic mass is 16.5. The van der Waals surface area contributed by atoms with E-state index in [9.17, 15) is 0 Å². The fourth-order valence-corrected chi connectivity index (χ4v) is 2.14. The molecule has 2 aromatic rings. The molecule has 0 spiro atoms. The summed E-state index contributed by atoms with van der Waals surface area (Å²) in [4.78, 5) is 0. The van der Waals surface area contributed by atoms with Crippen molar-refractivity contribution in [2.75, 3.05) is 6.61 Å². The Morgan fingerprint density at radius 1 is 0.952 bits per heavy atom. The third kappa shape index (κ3) is 5.24. The molecule has 0 radical (unpaired) electrons. The minimum Gasteiger partial charge on any atom is -0.493 e. The lowest BCUT2D eigenvalue weighted by atomic mass is 10.1. The van der Waals surface area contributed by atoms with Crippen molar-refractivity contribution < 1.29 is 4.74 Å². The van der Waals surface area contributed by atoms with Gasteiger partial charge >= 0.3 is 0 Å². The summed E-state index contributed by atoms with van der Waals surface area (Å²) in [6, 6.07) is 19.2. The van der Waals surface area contributed by atoms with E-state index in [1.165, 1.54) is 11.1 Å². The largest absolute Gasteiger partial charge is 0.493 e. The highest BCUT2D eigenvalue weighted by Gasteiger charge is 2.04. The Hall–Kier alpha value is -1.80. The first-order chi connectivity index (χ1) is 10.1. The minimum atomic E-state index is 0.339. The minimum absolute atomic E-state index is 0.339. The van der Waals surface area contributed by atoms with Gasteiger partial charge in [-0.15, -0.1) is 0 Å². The summed E-state index contributed by atoms with van der Waals surface area (Å²) in [5, 5.41) is 3.55. The van der Waals surface area contributed by atoms with Crippen LogP contribution in [0.5, 0.6) is 5.75 Å². The predicted molar refractivity (Wildman–Crippen MR) is 88.5 cm³/mol. The van der Waals surface area contributed by atoms with Gasteiger partial charge < -0.3 is 10.1 Å². The molecule has 0 amide bonds. The van der Waals surface area contributed by atoms with Crippen LogP contribution in [0, 0.1) is 5.92 Å². The van der Waals surface area contributed by atoms with Crippen LogP contribution in [0.4, 0.5) is 0 Å². The summed E-state index contributed by atoms with van der Waals surface area (Å²) in [6.45, 7) is 8.11. The van der Waals surface area contributed by atoms with Crippen LogP contribution in [0.2, 0.25) is 0 Å². The van der Waals surface area contributed by atoms with Gasteiger partial charge in [-0.1, -0.05) is 56.3 Å². The van der Waals surface area contributed by atoms with Crippen molar-refractivity contribution in [3.8, 4) is 5.75 Å². The number of ether oxygens (including phenoxy) is 1. The van der Waals surface area contributed by atoms with E-state index in [4.69, 9.17) is 4.74 Å². The van der Waals surface area contributed by atoms with Gasteiger partial charge in [0.25, 0.3) is 0 Å². The molecule has 0 saturated heterocycles. The molecular formula is C19H25NO. The van der Waals surface area contributed by atoms with Crippen LogP contribution in [0.15, 0.2) is 54.6 Å². The zero-order valence-electron chi connectivity index (χ0n) is 13.2. The smallest absolute Gasteiger partial charge is 0.119 e. The van der Waals surface area contributed by atoms with E-state index in [-0.39, 0.29) is 0 Å². The van der Waals surface area contributed by atoms with Gasteiger partial charge in [-0.05, 0) is 36.1 Å². The molecular weight excluding hydrogens is 258 g/mol. The number of rotatable bonds is 7. The average Bonchev–Trinajstić information content (AvgIpc) is 2.52. The topological polar surface area (TPSA) is 21.3 Å². The molecule has 112 valence electrons. The van der Waals surface area contributed by atoms with E-state index in [1.807, 2.05) is 12.1 Å². The molecule has 0 unspecified atom stereocenters. The summed E-state index contributed by atoms with van der Waals surface area (Å²) in [6.07, 6.45) is 0. The quantitative estimate of drug-likeness (QED) is 0.803. The SMILES string of the molecule is CC(C)COc1cccc(CN[C@H](C)c2ccccc2)c1. The lowest BCUT2D eigenvalue weighted by Gasteiger charge is -2.15. The van der Waals surface area contributed by atoms with Crippen molar-refractivity contribution in [3.05, 3.63) is 65.7 Å². The maximum atomic E-state index is 5.77. The van der Waals surface area contributed by atoms with Crippen molar-refractivity contribution in [3.63, 3.8) is 0 Å². The zero-order chi connectivity index (χ0) is 15.1. The molecule has 21 heavy (non-hydrogen) atoms. The van der Waals surface area contributed by atoms with Gasteiger partial charge in [0.1, 0.15) is 5.75 Å². The van der Waals surface area contributed by atoms with Crippen LogP contribution in [0.3, 0.4) is 0 Å². The highest BCUT2D eigenvalue weighted by molar-refractivity contribution is 5.28. The van der Waals surface area contributed by atoms with Crippen LogP contribution in [-0.4, -0.2) is 6.61 Å². The Kier molecular flexibility index (Phi) is 5.82. The van der Waals surface area contributed by atoms with Crippen LogP contribution in [0.25, 0.3) is 0 Å². The van der Waals surface area contributed by atoms with Crippen molar-refractivity contribution in [2.24, 2.45) is 5.92 Å². The van der Waals surface area contributed by atoms with Crippen LogP contribution < -0.4 is 10.1 Å². The van der Waals surface area contributed by atoms with Crippen molar-refractivity contribution >= 4 is 0 Å². The van der Waals surface area contributed by atoms with Gasteiger partial charge in [0.2, 0.25) is 0 Å². The normalized spacial score (nSPS) is 12.4. The fourth-order valence-electron chi connectivity index (χ4n) is 2.14. The van der Waals surface area contributed by atoms with Crippen molar-refractivity contribution in [1.29, 1.82) is 0 Å². The molecule has 1 atom stereocenters. The Morgan fingerprint density at radius 3 is 2.43 bits per heavy atom. The van der Waals surface area contributed by atoms with Gasteiger partial charge in [0.05, 0.1) is 6.61 Å². The molecule has 2 aromatic carbocycles. The second-order valence-corrected chi connectivity index (χ2v) is 5.87. The number of benzene rings is 2. The lowest BCUT2D eigenvalue weighted by molar-refractivity contribution is 0.271. The van der Waals surface area contributed by atoms with Gasteiger partial charge in [-0.3, -0.25) is 0 Å². The maximum Gasteiger partial charge on any atom is 0.119 e.